The first-order valence-corrected chi connectivity index (χ1v) is 21.5. The van der Waals surface area contributed by atoms with Gasteiger partial charge in [0.1, 0.15) is 36.3 Å². The maximum absolute atomic E-state index is 14.2. The summed E-state index contributed by atoms with van der Waals surface area (Å²) in [5.41, 5.74) is 3.48. The molecule has 0 saturated carbocycles. The number of carbonyl (C=O) groups excluding carboxylic acids is 3. The maximum Gasteiger partial charge on any atom is 0.339 e. The molecule has 5 aromatic rings. The largest absolute Gasteiger partial charge is 0.497 e. The summed E-state index contributed by atoms with van der Waals surface area (Å²) in [4.78, 5) is 39.8. The van der Waals surface area contributed by atoms with Crippen LogP contribution in [0.5, 0.6) is 5.75 Å². The number of carbonyl (C=O) groups is 3. The average Bonchev–Trinajstić information content (AvgIpc) is 3.35. The molecule has 2 fully saturated rings. The smallest absolute Gasteiger partial charge is 0.339 e. The number of methoxy groups -OCH3 is 2. The van der Waals surface area contributed by atoms with Gasteiger partial charge in [-0.15, -0.1) is 0 Å². The van der Waals surface area contributed by atoms with Crippen LogP contribution in [0.25, 0.3) is 0 Å². The molecule has 0 aliphatic carbocycles. The van der Waals surface area contributed by atoms with Crippen LogP contribution in [-0.4, -0.2) is 105 Å². The van der Waals surface area contributed by atoms with Gasteiger partial charge in [0.2, 0.25) is 0 Å². The number of aliphatic hydroxyl groups excluding tert-OH is 1. The summed E-state index contributed by atoms with van der Waals surface area (Å²) in [7, 11) is 2.68. The molecule has 0 unspecified atom stereocenters. The number of hydrogen-bond donors (Lipinski definition) is 1. The van der Waals surface area contributed by atoms with E-state index in [-0.39, 0.29) is 38.6 Å². The third kappa shape index (κ3) is 12.9. The Hall–Kier alpha value is -6.01. The SMILES string of the molecule is COC(=O)[C@H]1O[C@@H](OCc2ccc(OC)cc2)[C@H](O[C@@H]2O[C@H](COCc3ccccc3)[C@H](OCc3ccccc3)[C@H](OCc3ccccc3)[C@H]2OC(=O)c2ccccc2)[C@@H](O)[C@@H]1OC(C)=O. The van der Waals surface area contributed by atoms with Gasteiger partial charge >= 0.3 is 17.9 Å². The normalized spacial score (nSPS) is 25.0. The second-order valence-electron chi connectivity index (χ2n) is 15.6. The van der Waals surface area contributed by atoms with E-state index in [1.807, 2.05) is 91.0 Å². The lowest BCUT2D eigenvalue weighted by Crippen LogP contribution is -2.66. The molecule has 0 aromatic heterocycles. The third-order valence-electron chi connectivity index (χ3n) is 10.9. The Labute approximate surface area is 383 Å². The predicted molar refractivity (Wildman–Crippen MR) is 235 cm³/mol. The van der Waals surface area contributed by atoms with Gasteiger partial charge in [-0.1, -0.05) is 121 Å². The van der Waals surface area contributed by atoms with Crippen LogP contribution < -0.4 is 4.74 Å². The fourth-order valence-corrected chi connectivity index (χ4v) is 7.59. The van der Waals surface area contributed by atoms with Gasteiger partial charge in [0.15, 0.2) is 30.9 Å². The minimum Gasteiger partial charge on any atom is -0.497 e. The Morgan fingerprint density at radius 2 is 1.08 bits per heavy atom. The van der Waals surface area contributed by atoms with E-state index in [2.05, 4.69) is 0 Å². The van der Waals surface area contributed by atoms with E-state index in [0.29, 0.717) is 11.3 Å². The summed E-state index contributed by atoms with van der Waals surface area (Å²) >= 11 is 0. The molecule has 0 spiro atoms. The molecule has 348 valence electrons. The molecule has 2 heterocycles. The van der Waals surface area contributed by atoms with Crippen molar-refractivity contribution < 1.29 is 71.6 Å². The summed E-state index contributed by atoms with van der Waals surface area (Å²) in [6.45, 7) is 1.36. The number of ether oxygens (including phenoxy) is 11. The van der Waals surface area contributed by atoms with Crippen LogP contribution in [0.4, 0.5) is 0 Å². The summed E-state index contributed by atoms with van der Waals surface area (Å²) in [5, 5.41) is 12.2. The molecule has 15 nitrogen and oxygen atoms in total. The van der Waals surface area contributed by atoms with E-state index in [1.54, 1.807) is 61.7 Å². The first-order chi connectivity index (χ1) is 32.2. The van der Waals surface area contributed by atoms with Gasteiger partial charge < -0.3 is 57.2 Å². The molecule has 5 aromatic carbocycles. The molecule has 0 amide bonds. The lowest BCUT2D eigenvalue weighted by molar-refractivity contribution is -0.370. The van der Waals surface area contributed by atoms with E-state index >= 15 is 0 Å². The molecule has 2 aliphatic heterocycles. The Kier molecular flexibility index (Phi) is 17.4. The van der Waals surface area contributed by atoms with Crippen molar-refractivity contribution in [1.82, 2.24) is 0 Å². The highest BCUT2D eigenvalue weighted by atomic mass is 16.8. The van der Waals surface area contributed by atoms with E-state index in [4.69, 9.17) is 52.1 Å². The van der Waals surface area contributed by atoms with E-state index in [9.17, 15) is 19.5 Å². The topological polar surface area (TPSA) is 173 Å². The van der Waals surface area contributed by atoms with Crippen molar-refractivity contribution in [1.29, 1.82) is 0 Å². The van der Waals surface area contributed by atoms with E-state index < -0.39 is 79.3 Å². The van der Waals surface area contributed by atoms with Crippen molar-refractivity contribution in [2.24, 2.45) is 0 Å². The van der Waals surface area contributed by atoms with Crippen molar-refractivity contribution in [3.63, 3.8) is 0 Å². The number of rotatable bonds is 20. The highest BCUT2D eigenvalue weighted by molar-refractivity contribution is 5.89. The zero-order valence-electron chi connectivity index (χ0n) is 36.8. The molecule has 15 heteroatoms. The summed E-state index contributed by atoms with van der Waals surface area (Å²) in [6, 6.07) is 43.9. The molecule has 7 rings (SSSR count). The summed E-state index contributed by atoms with van der Waals surface area (Å²) in [5.74, 6) is -1.88. The van der Waals surface area contributed by atoms with Crippen molar-refractivity contribution in [2.45, 2.75) is 94.8 Å². The monoisotopic (exact) mass is 906 g/mol. The van der Waals surface area contributed by atoms with Gasteiger partial charge in [0.25, 0.3) is 0 Å². The van der Waals surface area contributed by atoms with Crippen molar-refractivity contribution in [2.75, 3.05) is 20.8 Å². The van der Waals surface area contributed by atoms with Gasteiger partial charge in [-0.2, -0.15) is 0 Å². The standard InChI is InChI=1S/C51H54O15/c1-33(52)62-43-41(53)44(50(66-46(43)49(55)57-3)61-31-37-24-26-39(56-2)27-25-37)65-51-47(64-48(54)38-22-14-7-15-23-38)45(60-30-36-20-12-6-13-21-36)42(59-29-35-18-10-5-11-19-35)40(63-51)32-58-28-34-16-8-4-9-17-34/h4-27,40-47,50-51,53H,28-32H2,1-3H3/t40-,41+,42+,43+,44-,45+,46+,47-,50-,51+/m1/s1. The van der Waals surface area contributed by atoms with Crippen molar-refractivity contribution in [3.8, 4) is 5.75 Å². The third-order valence-corrected chi connectivity index (χ3v) is 10.9. The van der Waals surface area contributed by atoms with Crippen molar-refractivity contribution in [3.05, 3.63) is 173 Å². The van der Waals surface area contributed by atoms with Gasteiger partial charge in [0, 0.05) is 6.92 Å². The maximum atomic E-state index is 14.2. The number of hydrogen-bond acceptors (Lipinski definition) is 15. The molecular weight excluding hydrogens is 853 g/mol. The number of esters is 3. The Bertz CT molecular complexity index is 2250. The number of benzene rings is 5. The minimum atomic E-state index is -1.80. The highest BCUT2D eigenvalue weighted by Crippen LogP contribution is 2.36. The molecule has 0 bridgehead atoms. The van der Waals surface area contributed by atoms with Crippen LogP contribution in [0.3, 0.4) is 0 Å². The molecule has 2 saturated heterocycles. The van der Waals surface area contributed by atoms with E-state index in [1.165, 1.54) is 0 Å². The predicted octanol–water partition coefficient (Wildman–Crippen LogP) is 6.13. The molecule has 10 atom stereocenters. The van der Waals surface area contributed by atoms with Crippen LogP contribution in [0.15, 0.2) is 146 Å². The lowest BCUT2D eigenvalue weighted by atomic mass is 9.96. The van der Waals surface area contributed by atoms with Crippen LogP contribution in [0.1, 0.15) is 39.5 Å². The van der Waals surface area contributed by atoms with Crippen LogP contribution >= 0.6 is 0 Å². The second-order valence-corrected chi connectivity index (χ2v) is 15.6. The zero-order chi connectivity index (χ0) is 46.3. The molecule has 66 heavy (non-hydrogen) atoms. The Morgan fingerprint density at radius 1 is 0.545 bits per heavy atom. The van der Waals surface area contributed by atoms with Crippen LogP contribution in [-0.2, 0) is 83.4 Å². The van der Waals surface area contributed by atoms with Crippen LogP contribution in [0.2, 0.25) is 0 Å². The van der Waals surface area contributed by atoms with E-state index in [0.717, 1.165) is 30.7 Å². The quantitative estimate of drug-likeness (QED) is 0.0698. The first kappa shape index (κ1) is 47.9. The molecule has 0 radical (unpaired) electrons. The minimum absolute atomic E-state index is 0.0541. The van der Waals surface area contributed by atoms with Crippen molar-refractivity contribution >= 4 is 17.9 Å². The Morgan fingerprint density at radius 3 is 1.64 bits per heavy atom. The second kappa shape index (κ2) is 24.0. The molecule has 1 N–H and O–H groups in total. The summed E-state index contributed by atoms with van der Waals surface area (Å²) in [6.07, 6.45) is -14.2. The fourth-order valence-electron chi connectivity index (χ4n) is 7.59. The average molecular weight is 907 g/mol. The zero-order valence-corrected chi connectivity index (χ0v) is 36.8. The van der Waals surface area contributed by atoms with Gasteiger partial charge in [-0.25, -0.2) is 9.59 Å². The van der Waals surface area contributed by atoms with Gasteiger partial charge in [-0.05, 0) is 46.5 Å². The van der Waals surface area contributed by atoms with Gasteiger partial charge in [-0.3, -0.25) is 4.79 Å². The molecular formula is C51H54O15. The highest BCUT2D eigenvalue weighted by Gasteiger charge is 2.56. The first-order valence-electron chi connectivity index (χ1n) is 21.5. The Balaban J connectivity index is 1.29. The summed E-state index contributed by atoms with van der Waals surface area (Å²) < 4.78 is 67.9. The number of aliphatic hydroxyl groups is 1. The fraction of sp³-hybridized carbons (Fsp3) is 0.353. The lowest BCUT2D eigenvalue weighted by Gasteiger charge is -2.48. The van der Waals surface area contributed by atoms with Crippen LogP contribution in [0, 0.1) is 0 Å². The molecule has 2 aliphatic rings. The van der Waals surface area contributed by atoms with Gasteiger partial charge in [0.05, 0.1) is 52.8 Å².